The van der Waals surface area contributed by atoms with Crippen molar-refractivity contribution in [2.24, 2.45) is 0 Å². The van der Waals surface area contributed by atoms with Gasteiger partial charge in [-0.25, -0.2) is 4.98 Å². The Morgan fingerprint density at radius 2 is 2.24 bits per heavy atom. The molecule has 3 heterocycles. The summed E-state index contributed by atoms with van der Waals surface area (Å²) in [5.41, 5.74) is 0.970. The van der Waals surface area contributed by atoms with Crippen LogP contribution in [-0.4, -0.2) is 39.2 Å². The summed E-state index contributed by atoms with van der Waals surface area (Å²) in [5.74, 6) is 0.697. The van der Waals surface area contributed by atoms with Gasteiger partial charge in [-0.15, -0.1) is 11.3 Å². The van der Waals surface area contributed by atoms with Crippen molar-refractivity contribution < 1.29 is 5.11 Å². The Morgan fingerprint density at radius 1 is 1.48 bits per heavy atom. The lowest BCUT2D eigenvalue weighted by Crippen LogP contribution is -2.40. The van der Waals surface area contributed by atoms with Gasteiger partial charge in [-0.2, -0.15) is 0 Å². The molecule has 3 rings (SSSR count). The summed E-state index contributed by atoms with van der Waals surface area (Å²) < 4.78 is 0. The lowest BCUT2D eigenvalue weighted by atomic mass is 10.1. The van der Waals surface area contributed by atoms with E-state index in [4.69, 9.17) is 0 Å². The number of aromatic amines is 1. The SMILES string of the molecule is Cc1sc2nc([C@@H](C)N3CCC[C@@H](O)C3)[nH]c(=O)c2c1C. The maximum Gasteiger partial charge on any atom is 0.259 e. The zero-order chi connectivity index (χ0) is 15.1. The molecule has 1 fully saturated rings. The lowest BCUT2D eigenvalue weighted by molar-refractivity contribution is 0.0484. The van der Waals surface area contributed by atoms with Gasteiger partial charge in [0.2, 0.25) is 0 Å². The Bertz CT molecular complexity index is 722. The van der Waals surface area contributed by atoms with Crippen LogP contribution in [0, 0.1) is 13.8 Å². The van der Waals surface area contributed by atoms with Crippen LogP contribution in [0.1, 0.15) is 42.1 Å². The summed E-state index contributed by atoms with van der Waals surface area (Å²) in [6, 6.07) is 0.0137. The molecule has 0 spiro atoms. The van der Waals surface area contributed by atoms with E-state index in [1.807, 2.05) is 20.8 Å². The van der Waals surface area contributed by atoms with Gasteiger partial charge in [0.05, 0.1) is 17.5 Å². The molecule has 1 aliphatic heterocycles. The number of H-pyrrole nitrogens is 1. The van der Waals surface area contributed by atoms with E-state index >= 15 is 0 Å². The van der Waals surface area contributed by atoms with E-state index in [0.29, 0.717) is 17.8 Å². The highest BCUT2D eigenvalue weighted by atomic mass is 32.1. The van der Waals surface area contributed by atoms with E-state index in [9.17, 15) is 9.90 Å². The molecule has 1 saturated heterocycles. The van der Waals surface area contributed by atoms with E-state index in [0.717, 1.165) is 34.7 Å². The molecule has 2 atom stereocenters. The second kappa shape index (κ2) is 5.51. The average Bonchev–Trinajstić information content (AvgIpc) is 2.73. The highest BCUT2D eigenvalue weighted by Gasteiger charge is 2.25. The van der Waals surface area contributed by atoms with Crippen LogP contribution in [0.5, 0.6) is 0 Å². The number of hydrogen-bond acceptors (Lipinski definition) is 5. The molecular formula is C15H21N3O2S. The molecular weight excluding hydrogens is 286 g/mol. The number of rotatable bonds is 2. The number of nitrogens with zero attached hydrogens (tertiary/aromatic N) is 2. The fraction of sp³-hybridized carbons (Fsp3) is 0.600. The zero-order valence-corrected chi connectivity index (χ0v) is 13.5. The summed E-state index contributed by atoms with van der Waals surface area (Å²) in [4.78, 5) is 24.1. The number of hydrogen-bond donors (Lipinski definition) is 2. The molecule has 2 N–H and O–H groups in total. The number of nitrogens with one attached hydrogen (secondary N) is 1. The van der Waals surface area contributed by atoms with Crippen molar-refractivity contribution in [1.29, 1.82) is 0 Å². The molecule has 1 aliphatic rings. The van der Waals surface area contributed by atoms with Crippen molar-refractivity contribution in [3.8, 4) is 0 Å². The van der Waals surface area contributed by atoms with Crippen LogP contribution in [0.25, 0.3) is 10.2 Å². The van der Waals surface area contributed by atoms with Crippen molar-refractivity contribution in [3.63, 3.8) is 0 Å². The first-order chi connectivity index (χ1) is 9.97. The molecule has 2 aromatic heterocycles. The third-order valence-electron chi connectivity index (χ3n) is 4.43. The van der Waals surface area contributed by atoms with Crippen LogP contribution in [0.3, 0.4) is 0 Å². The summed E-state index contributed by atoms with van der Waals surface area (Å²) in [5, 5.41) is 10.5. The summed E-state index contributed by atoms with van der Waals surface area (Å²) in [7, 11) is 0. The van der Waals surface area contributed by atoms with Gasteiger partial charge in [-0.1, -0.05) is 0 Å². The van der Waals surface area contributed by atoms with E-state index in [1.165, 1.54) is 0 Å². The van der Waals surface area contributed by atoms with Gasteiger partial charge < -0.3 is 10.1 Å². The van der Waals surface area contributed by atoms with Gasteiger partial charge in [-0.3, -0.25) is 9.69 Å². The molecule has 0 amide bonds. The molecule has 0 unspecified atom stereocenters. The van der Waals surface area contributed by atoms with Gasteiger partial charge in [0, 0.05) is 11.4 Å². The summed E-state index contributed by atoms with van der Waals surface area (Å²) in [6.45, 7) is 7.60. The van der Waals surface area contributed by atoms with E-state index in [-0.39, 0.29) is 17.7 Å². The van der Waals surface area contributed by atoms with Crippen LogP contribution in [-0.2, 0) is 0 Å². The normalized spacial score (nSPS) is 21.8. The number of thiophene rings is 1. The third kappa shape index (κ3) is 2.63. The number of likely N-dealkylation sites (tertiary alicyclic amines) is 1. The fourth-order valence-corrected chi connectivity index (χ4v) is 4.01. The van der Waals surface area contributed by atoms with Crippen molar-refractivity contribution >= 4 is 21.6 Å². The van der Waals surface area contributed by atoms with Crippen LogP contribution >= 0.6 is 11.3 Å². The average molecular weight is 307 g/mol. The number of aliphatic hydroxyl groups is 1. The largest absolute Gasteiger partial charge is 0.392 e. The molecule has 0 bridgehead atoms. The standard InChI is InChI=1S/C15H21N3O2S/c1-8-10(3)21-15-12(8)14(20)16-13(17-15)9(2)18-6-4-5-11(19)7-18/h9,11,19H,4-7H2,1-3H3,(H,16,17,20)/t9-,11-/m1/s1. The molecule has 0 saturated carbocycles. The van der Waals surface area contributed by atoms with E-state index in [1.54, 1.807) is 11.3 Å². The van der Waals surface area contributed by atoms with Gasteiger partial charge in [0.15, 0.2) is 0 Å². The monoisotopic (exact) mass is 307 g/mol. The highest BCUT2D eigenvalue weighted by Crippen LogP contribution is 2.28. The Hall–Kier alpha value is -1.24. The van der Waals surface area contributed by atoms with Gasteiger partial charge in [0.1, 0.15) is 10.7 Å². The number of aryl methyl sites for hydroxylation is 2. The quantitative estimate of drug-likeness (QED) is 0.891. The number of aliphatic hydroxyl groups excluding tert-OH is 1. The second-order valence-electron chi connectivity index (χ2n) is 5.88. The Labute approximate surface area is 127 Å². The Kier molecular flexibility index (Phi) is 3.86. The third-order valence-corrected chi connectivity index (χ3v) is 5.53. The minimum Gasteiger partial charge on any atom is -0.392 e. The second-order valence-corrected chi connectivity index (χ2v) is 7.08. The number of piperidine rings is 1. The van der Waals surface area contributed by atoms with Crippen molar-refractivity contribution in [1.82, 2.24) is 14.9 Å². The van der Waals surface area contributed by atoms with Crippen molar-refractivity contribution in [2.45, 2.75) is 45.8 Å². The Morgan fingerprint density at radius 3 is 2.95 bits per heavy atom. The topological polar surface area (TPSA) is 69.2 Å². The minimum atomic E-state index is -0.275. The molecule has 0 radical (unpaired) electrons. The van der Waals surface area contributed by atoms with Gasteiger partial charge >= 0.3 is 0 Å². The molecule has 5 nitrogen and oxygen atoms in total. The highest BCUT2D eigenvalue weighted by molar-refractivity contribution is 7.18. The molecule has 21 heavy (non-hydrogen) atoms. The minimum absolute atomic E-state index is 0.0137. The number of aromatic nitrogens is 2. The van der Waals surface area contributed by atoms with Crippen molar-refractivity contribution in [3.05, 3.63) is 26.6 Å². The molecule has 114 valence electrons. The first-order valence-corrected chi connectivity index (χ1v) is 8.21. The van der Waals surface area contributed by atoms with Crippen molar-refractivity contribution in [2.75, 3.05) is 13.1 Å². The molecule has 0 aromatic carbocycles. The Balaban J connectivity index is 1.98. The zero-order valence-electron chi connectivity index (χ0n) is 12.6. The van der Waals surface area contributed by atoms with Gasteiger partial charge in [0.25, 0.3) is 5.56 Å². The lowest BCUT2D eigenvalue weighted by Gasteiger charge is -2.34. The first kappa shape index (κ1) is 14.7. The first-order valence-electron chi connectivity index (χ1n) is 7.39. The van der Waals surface area contributed by atoms with Crippen LogP contribution in [0.2, 0.25) is 0 Å². The fourth-order valence-electron chi connectivity index (χ4n) is 2.98. The maximum absolute atomic E-state index is 12.3. The predicted molar refractivity (Wildman–Crippen MR) is 84.9 cm³/mol. The predicted octanol–water partition coefficient (Wildman–Crippen LogP) is 2.12. The molecule has 6 heteroatoms. The van der Waals surface area contributed by atoms with Crippen LogP contribution < -0.4 is 5.56 Å². The van der Waals surface area contributed by atoms with E-state index in [2.05, 4.69) is 14.9 Å². The summed E-state index contributed by atoms with van der Waals surface area (Å²) in [6.07, 6.45) is 1.56. The van der Waals surface area contributed by atoms with Crippen LogP contribution in [0.4, 0.5) is 0 Å². The smallest absolute Gasteiger partial charge is 0.259 e. The van der Waals surface area contributed by atoms with Gasteiger partial charge in [-0.05, 0) is 45.7 Å². The van der Waals surface area contributed by atoms with Crippen LogP contribution in [0.15, 0.2) is 4.79 Å². The summed E-state index contributed by atoms with van der Waals surface area (Å²) >= 11 is 1.57. The molecule has 0 aliphatic carbocycles. The maximum atomic E-state index is 12.3. The number of fused-ring (bicyclic) bond motifs is 1. The molecule has 2 aromatic rings. The van der Waals surface area contributed by atoms with E-state index < -0.39 is 0 Å². The number of β-amino-alcohol motifs (C(OH)–C–C–N with tert-alkyl or cyclic N) is 1.